The molecular weight excluding hydrogens is 364 g/mol. The van der Waals surface area contributed by atoms with E-state index in [1.807, 2.05) is 54.3 Å². The van der Waals surface area contributed by atoms with Gasteiger partial charge in [0.25, 0.3) is 5.91 Å². The quantitative estimate of drug-likeness (QED) is 0.723. The number of rotatable bonds is 4. The molecule has 4 rings (SSSR count). The number of piperidine rings is 1. The number of aromatic amines is 1. The Bertz CT molecular complexity index is 1090. The summed E-state index contributed by atoms with van der Waals surface area (Å²) in [6.07, 6.45) is 2.14. The predicted molar refractivity (Wildman–Crippen MR) is 114 cm³/mol. The van der Waals surface area contributed by atoms with Crippen LogP contribution >= 0.6 is 0 Å². The molecule has 0 aliphatic carbocycles. The molecule has 1 amide bonds. The summed E-state index contributed by atoms with van der Waals surface area (Å²) < 4.78 is 5.96. The fourth-order valence-corrected chi connectivity index (χ4v) is 3.85. The van der Waals surface area contributed by atoms with Crippen LogP contribution in [0, 0.1) is 12.8 Å². The smallest absolute Gasteiger partial charge is 0.253 e. The van der Waals surface area contributed by atoms with Gasteiger partial charge in [0, 0.05) is 35.6 Å². The molecule has 5 heteroatoms. The minimum absolute atomic E-state index is 0.101. The molecule has 0 atom stereocenters. The molecule has 1 fully saturated rings. The topological polar surface area (TPSA) is 62.4 Å². The van der Waals surface area contributed by atoms with Gasteiger partial charge in [-0.25, -0.2) is 0 Å². The average Bonchev–Trinajstić information content (AvgIpc) is 2.72. The van der Waals surface area contributed by atoms with E-state index in [1.165, 1.54) is 0 Å². The standard InChI is InChI=1S/C24H26N2O3/c1-16-8-10-26(11-9-16)24(28)19-5-3-4-18(13-19)15-29-20-6-7-22-21(14-20)17(2)12-23(27)25-22/h3-7,12-14,16H,8-11,15H2,1-2H3,(H,25,27). The van der Waals surface area contributed by atoms with Gasteiger partial charge in [0.1, 0.15) is 12.4 Å². The van der Waals surface area contributed by atoms with Crippen molar-refractivity contribution in [2.75, 3.05) is 13.1 Å². The summed E-state index contributed by atoms with van der Waals surface area (Å²) in [5.74, 6) is 1.53. The lowest BCUT2D eigenvalue weighted by Gasteiger charge is -2.30. The highest BCUT2D eigenvalue weighted by molar-refractivity contribution is 5.94. The monoisotopic (exact) mass is 390 g/mol. The fraction of sp³-hybridized carbons (Fsp3) is 0.333. The Balaban J connectivity index is 1.46. The number of pyridine rings is 1. The highest BCUT2D eigenvalue weighted by atomic mass is 16.5. The molecule has 0 radical (unpaired) electrons. The molecule has 5 nitrogen and oxygen atoms in total. The molecule has 1 saturated heterocycles. The van der Waals surface area contributed by atoms with Gasteiger partial charge < -0.3 is 14.6 Å². The first-order chi connectivity index (χ1) is 14.0. The Labute approximate surface area is 170 Å². The van der Waals surface area contributed by atoms with Crippen molar-refractivity contribution in [3.63, 3.8) is 0 Å². The molecule has 1 aliphatic rings. The maximum atomic E-state index is 12.8. The lowest BCUT2D eigenvalue weighted by atomic mass is 9.98. The van der Waals surface area contributed by atoms with Crippen LogP contribution in [-0.4, -0.2) is 28.9 Å². The molecule has 0 unspecified atom stereocenters. The maximum absolute atomic E-state index is 12.8. The number of aromatic nitrogens is 1. The highest BCUT2D eigenvalue weighted by Crippen LogP contribution is 2.23. The Hall–Kier alpha value is -3.08. The van der Waals surface area contributed by atoms with Crippen LogP contribution in [0.3, 0.4) is 0 Å². The lowest BCUT2D eigenvalue weighted by Crippen LogP contribution is -2.37. The summed E-state index contributed by atoms with van der Waals surface area (Å²) in [5, 5.41) is 0.963. The highest BCUT2D eigenvalue weighted by Gasteiger charge is 2.21. The molecule has 0 bridgehead atoms. The van der Waals surface area contributed by atoms with Crippen LogP contribution in [0.4, 0.5) is 0 Å². The summed E-state index contributed by atoms with van der Waals surface area (Å²) in [6, 6.07) is 14.9. The van der Waals surface area contributed by atoms with Gasteiger partial charge in [-0.3, -0.25) is 9.59 Å². The Kier molecular flexibility index (Phi) is 5.38. The van der Waals surface area contributed by atoms with Crippen LogP contribution < -0.4 is 10.3 Å². The van der Waals surface area contributed by atoms with Crippen molar-refractivity contribution >= 4 is 16.8 Å². The molecule has 1 N–H and O–H groups in total. The second kappa shape index (κ2) is 8.11. The van der Waals surface area contributed by atoms with Gasteiger partial charge in [0.15, 0.2) is 0 Å². The van der Waals surface area contributed by atoms with Crippen molar-refractivity contribution < 1.29 is 9.53 Å². The summed E-state index contributed by atoms with van der Waals surface area (Å²) in [4.78, 5) is 29.2. The molecule has 0 spiro atoms. The van der Waals surface area contributed by atoms with Gasteiger partial charge in [0.05, 0.1) is 0 Å². The zero-order valence-electron chi connectivity index (χ0n) is 16.9. The first kappa shape index (κ1) is 19.2. The lowest BCUT2D eigenvalue weighted by molar-refractivity contribution is 0.0697. The molecule has 1 aliphatic heterocycles. The Morgan fingerprint density at radius 1 is 1.14 bits per heavy atom. The van der Waals surface area contributed by atoms with Gasteiger partial charge in [-0.1, -0.05) is 19.1 Å². The first-order valence-electron chi connectivity index (χ1n) is 10.1. The van der Waals surface area contributed by atoms with E-state index in [-0.39, 0.29) is 11.5 Å². The van der Waals surface area contributed by atoms with Gasteiger partial charge in [-0.05, 0) is 67.1 Å². The van der Waals surface area contributed by atoms with Crippen LogP contribution in [0.15, 0.2) is 53.3 Å². The van der Waals surface area contributed by atoms with Gasteiger partial charge >= 0.3 is 0 Å². The third-order valence-electron chi connectivity index (χ3n) is 5.67. The number of fused-ring (bicyclic) bond motifs is 1. The van der Waals surface area contributed by atoms with E-state index in [1.54, 1.807) is 6.07 Å². The van der Waals surface area contributed by atoms with Crippen molar-refractivity contribution in [2.45, 2.75) is 33.3 Å². The normalized spacial score (nSPS) is 14.9. The van der Waals surface area contributed by atoms with Crippen molar-refractivity contribution in [3.8, 4) is 5.75 Å². The molecule has 29 heavy (non-hydrogen) atoms. The van der Waals surface area contributed by atoms with E-state index in [4.69, 9.17) is 4.74 Å². The predicted octanol–water partition coefficient (Wildman–Crippen LogP) is 4.29. The Morgan fingerprint density at radius 2 is 1.93 bits per heavy atom. The van der Waals surface area contributed by atoms with Crippen LogP contribution in [0.25, 0.3) is 10.9 Å². The maximum Gasteiger partial charge on any atom is 0.253 e. The Morgan fingerprint density at radius 3 is 2.72 bits per heavy atom. The second-order valence-corrected chi connectivity index (χ2v) is 7.99. The van der Waals surface area contributed by atoms with Crippen LogP contribution in [-0.2, 0) is 6.61 Å². The number of nitrogens with one attached hydrogen (secondary N) is 1. The largest absolute Gasteiger partial charge is 0.489 e. The molecule has 3 aromatic rings. The van der Waals surface area contributed by atoms with Gasteiger partial charge in [0.2, 0.25) is 5.56 Å². The van der Waals surface area contributed by atoms with Crippen molar-refractivity contribution in [1.29, 1.82) is 0 Å². The SMILES string of the molecule is Cc1cc(=O)[nH]c2ccc(OCc3cccc(C(=O)N4CCC(C)CC4)c3)cc12. The number of benzene rings is 2. The minimum atomic E-state index is -0.103. The zero-order chi connectivity index (χ0) is 20.4. The summed E-state index contributed by atoms with van der Waals surface area (Å²) in [7, 11) is 0. The van der Waals surface area contributed by atoms with Crippen molar-refractivity contribution in [3.05, 3.63) is 75.6 Å². The molecule has 2 aromatic carbocycles. The second-order valence-electron chi connectivity index (χ2n) is 7.99. The molecule has 1 aromatic heterocycles. The van der Waals surface area contributed by atoms with Gasteiger partial charge in [-0.2, -0.15) is 0 Å². The van der Waals surface area contributed by atoms with E-state index in [9.17, 15) is 9.59 Å². The zero-order valence-corrected chi connectivity index (χ0v) is 16.9. The molecule has 2 heterocycles. The third kappa shape index (κ3) is 4.34. The van der Waals surface area contributed by atoms with Crippen LogP contribution in [0.1, 0.15) is 41.3 Å². The van der Waals surface area contributed by atoms with E-state index < -0.39 is 0 Å². The van der Waals surface area contributed by atoms with E-state index in [0.29, 0.717) is 18.1 Å². The van der Waals surface area contributed by atoms with Crippen LogP contribution in [0.2, 0.25) is 0 Å². The molecular formula is C24H26N2O3. The number of carbonyl (C=O) groups is 1. The van der Waals surface area contributed by atoms with Gasteiger partial charge in [-0.15, -0.1) is 0 Å². The van der Waals surface area contributed by atoms with E-state index in [0.717, 1.165) is 53.7 Å². The van der Waals surface area contributed by atoms with E-state index >= 15 is 0 Å². The first-order valence-corrected chi connectivity index (χ1v) is 10.1. The number of aryl methyl sites for hydroxylation is 1. The summed E-state index contributed by atoms with van der Waals surface area (Å²) in [6.45, 7) is 6.20. The fourth-order valence-electron chi connectivity index (χ4n) is 3.85. The number of hydrogen-bond acceptors (Lipinski definition) is 3. The third-order valence-corrected chi connectivity index (χ3v) is 5.67. The summed E-state index contributed by atoms with van der Waals surface area (Å²) >= 11 is 0. The van der Waals surface area contributed by atoms with Crippen LogP contribution in [0.5, 0.6) is 5.75 Å². The summed E-state index contributed by atoms with van der Waals surface area (Å²) in [5.41, 5.74) is 3.28. The molecule has 150 valence electrons. The van der Waals surface area contributed by atoms with E-state index in [2.05, 4.69) is 11.9 Å². The number of carbonyl (C=O) groups excluding carboxylic acids is 1. The molecule has 0 saturated carbocycles. The number of hydrogen-bond donors (Lipinski definition) is 1. The number of amides is 1. The number of likely N-dealkylation sites (tertiary alicyclic amines) is 1. The minimum Gasteiger partial charge on any atom is -0.489 e. The number of ether oxygens (including phenoxy) is 1. The number of H-pyrrole nitrogens is 1. The number of nitrogens with zero attached hydrogens (tertiary/aromatic N) is 1. The average molecular weight is 390 g/mol. The van der Waals surface area contributed by atoms with Crippen molar-refractivity contribution in [1.82, 2.24) is 9.88 Å². The van der Waals surface area contributed by atoms with Crippen molar-refractivity contribution in [2.24, 2.45) is 5.92 Å².